The molecule has 3 rings (SSSR count). The Bertz CT molecular complexity index is 1040. The number of anilines is 1. The number of sulfonamides is 1. The molecule has 1 fully saturated rings. The number of nitrogens with one attached hydrogen (secondary N) is 2. The van der Waals surface area contributed by atoms with Crippen LogP contribution < -0.4 is 10.6 Å². The van der Waals surface area contributed by atoms with Gasteiger partial charge in [-0.15, -0.1) is 0 Å². The zero-order valence-corrected chi connectivity index (χ0v) is 18.4. The second kappa shape index (κ2) is 9.67. The Kier molecular flexibility index (Phi) is 7.22. The van der Waals surface area contributed by atoms with Crippen molar-refractivity contribution < 1.29 is 22.4 Å². The van der Waals surface area contributed by atoms with Crippen LogP contribution in [0.25, 0.3) is 0 Å². The van der Waals surface area contributed by atoms with Crippen molar-refractivity contribution in [1.82, 2.24) is 9.62 Å². The number of carbonyl (C=O) groups is 2. The van der Waals surface area contributed by atoms with Crippen LogP contribution in [0.2, 0.25) is 0 Å². The molecule has 0 saturated carbocycles. The molecule has 7 nitrogen and oxygen atoms in total. The number of hydrogen-bond acceptors (Lipinski definition) is 4. The minimum Gasteiger partial charge on any atom is -0.352 e. The zero-order valence-electron chi connectivity index (χ0n) is 16.0. The highest BCUT2D eigenvalue weighted by atomic mass is 79.9. The van der Waals surface area contributed by atoms with Gasteiger partial charge >= 0.3 is 0 Å². The lowest BCUT2D eigenvalue weighted by atomic mass is 10.2. The van der Waals surface area contributed by atoms with Crippen molar-refractivity contribution in [3.05, 3.63) is 58.3 Å². The fourth-order valence-corrected chi connectivity index (χ4v) is 4.93. The minimum absolute atomic E-state index is 0.0162. The molecule has 2 N–H and O–H groups in total. The average molecular weight is 498 g/mol. The van der Waals surface area contributed by atoms with Crippen LogP contribution in [0.15, 0.2) is 51.8 Å². The fraction of sp³-hybridized carbons (Fsp3) is 0.300. The van der Waals surface area contributed by atoms with Gasteiger partial charge in [0, 0.05) is 41.8 Å². The van der Waals surface area contributed by atoms with E-state index in [0.717, 1.165) is 29.4 Å². The van der Waals surface area contributed by atoms with Crippen LogP contribution in [0.1, 0.15) is 29.6 Å². The standard InChI is InChI=1S/C20H21BrFN3O4S/c21-15-4-6-16(7-5-15)24-19(26)9-10-23-20(27)14-3-8-17(22)18(13-14)30(28,29)25-11-1-2-12-25/h3-8,13H,1-2,9-12H2,(H,23,27)(H,24,26). The van der Waals surface area contributed by atoms with Crippen molar-refractivity contribution >= 4 is 43.5 Å². The maximum atomic E-state index is 14.2. The molecule has 0 atom stereocenters. The van der Waals surface area contributed by atoms with E-state index in [4.69, 9.17) is 0 Å². The Morgan fingerprint density at radius 2 is 1.73 bits per heavy atom. The molecule has 30 heavy (non-hydrogen) atoms. The van der Waals surface area contributed by atoms with Crippen LogP contribution in [0.5, 0.6) is 0 Å². The van der Waals surface area contributed by atoms with Crippen LogP contribution in [0.3, 0.4) is 0 Å². The van der Waals surface area contributed by atoms with E-state index in [1.54, 1.807) is 24.3 Å². The maximum absolute atomic E-state index is 14.2. The summed E-state index contributed by atoms with van der Waals surface area (Å²) in [6.45, 7) is 0.726. The topological polar surface area (TPSA) is 95.6 Å². The van der Waals surface area contributed by atoms with Gasteiger partial charge in [-0.1, -0.05) is 15.9 Å². The molecule has 1 aliphatic rings. The van der Waals surface area contributed by atoms with Crippen LogP contribution in [0.4, 0.5) is 10.1 Å². The first-order chi connectivity index (χ1) is 14.3. The van der Waals surface area contributed by atoms with E-state index in [0.29, 0.717) is 18.8 Å². The molecular weight excluding hydrogens is 477 g/mol. The summed E-state index contributed by atoms with van der Waals surface area (Å²) in [6.07, 6.45) is 1.48. The number of rotatable bonds is 7. The molecule has 0 spiro atoms. The van der Waals surface area contributed by atoms with Gasteiger partial charge in [0.2, 0.25) is 15.9 Å². The van der Waals surface area contributed by atoms with Gasteiger partial charge in [0.15, 0.2) is 0 Å². The lowest BCUT2D eigenvalue weighted by Gasteiger charge is -2.16. The molecule has 1 heterocycles. The summed E-state index contributed by atoms with van der Waals surface area (Å²) in [5, 5.41) is 5.26. The molecule has 0 aliphatic carbocycles. The van der Waals surface area contributed by atoms with E-state index in [9.17, 15) is 22.4 Å². The quantitative estimate of drug-likeness (QED) is 0.614. The van der Waals surface area contributed by atoms with Crippen LogP contribution in [-0.4, -0.2) is 44.2 Å². The number of halogens is 2. The molecule has 0 bridgehead atoms. The molecule has 0 radical (unpaired) electrons. The normalized spacial score (nSPS) is 14.5. The van der Waals surface area contributed by atoms with Gasteiger partial charge in [-0.3, -0.25) is 9.59 Å². The first-order valence-corrected chi connectivity index (χ1v) is 11.6. The first kappa shape index (κ1) is 22.4. The minimum atomic E-state index is -3.99. The number of amides is 2. The first-order valence-electron chi connectivity index (χ1n) is 9.41. The Balaban J connectivity index is 1.59. The van der Waals surface area contributed by atoms with Crippen molar-refractivity contribution in [3.63, 3.8) is 0 Å². The number of benzene rings is 2. The average Bonchev–Trinajstić information content (AvgIpc) is 3.25. The molecule has 1 saturated heterocycles. The van der Waals surface area contributed by atoms with Crippen LogP contribution in [-0.2, 0) is 14.8 Å². The summed E-state index contributed by atoms with van der Waals surface area (Å²) < 4.78 is 41.5. The highest BCUT2D eigenvalue weighted by molar-refractivity contribution is 9.10. The van der Waals surface area contributed by atoms with Gasteiger partial charge in [-0.25, -0.2) is 12.8 Å². The molecular formula is C20H21BrFN3O4S. The summed E-state index contributed by atoms with van der Waals surface area (Å²) >= 11 is 3.31. The molecule has 160 valence electrons. The van der Waals surface area contributed by atoms with Crippen molar-refractivity contribution in [2.24, 2.45) is 0 Å². The van der Waals surface area contributed by atoms with Gasteiger partial charge in [0.1, 0.15) is 10.7 Å². The Hall–Kier alpha value is -2.30. The van der Waals surface area contributed by atoms with Crippen molar-refractivity contribution in [2.45, 2.75) is 24.2 Å². The lowest BCUT2D eigenvalue weighted by Crippen LogP contribution is -2.30. The molecule has 0 aromatic heterocycles. The van der Waals surface area contributed by atoms with E-state index in [1.165, 1.54) is 10.4 Å². The third-order valence-electron chi connectivity index (χ3n) is 4.64. The van der Waals surface area contributed by atoms with Gasteiger partial charge < -0.3 is 10.6 Å². The third kappa shape index (κ3) is 5.44. The Morgan fingerprint density at radius 1 is 1.07 bits per heavy atom. The van der Waals surface area contributed by atoms with E-state index in [2.05, 4.69) is 26.6 Å². The van der Waals surface area contributed by atoms with Crippen LogP contribution >= 0.6 is 15.9 Å². The van der Waals surface area contributed by atoms with E-state index in [-0.39, 0.29) is 24.4 Å². The monoisotopic (exact) mass is 497 g/mol. The molecule has 2 aromatic rings. The summed E-state index contributed by atoms with van der Waals surface area (Å²) in [5.74, 6) is -1.76. The molecule has 2 aromatic carbocycles. The van der Waals surface area contributed by atoms with Gasteiger partial charge in [-0.2, -0.15) is 4.31 Å². The number of carbonyl (C=O) groups excluding carboxylic acids is 2. The highest BCUT2D eigenvalue weighted by Crippen LogP contribution is 2.24. The van der Waals surface area contributed by atoms with Crippen molar-refractivity contribution in [3.8, 4) is 0 Å². The van der Waals surface area contributed by atoms with Gasteiger partial charge in [0.25, 0.3) is 5.91 Å². The van der Waals surface area contributed by atoms with Crippen molar-refractivity contribution in [2.75, 3.05) is 25.0 Å². The predicted molar refractivity (Wildman–Crippen MR) is 114 cm³/mol. The largest absolute Gasteiger partial charge is 0.352 e. The zero-order chi connectivity index (χ0) is 21.7. The maximum Gasteiger partial charge on any atom is 0.251 e. The third-order valence-corrected chi connectivity index (χ3v) is 7.08. The van der Waals surface area contributed by atoms with E-state index < -0.39 is 26.6 Å². The Morgan fingerprint density at radius 3 is 2.40 bits per heavy atom. The van der Waals surface area contributed by atoms with Gasteiger partial charge in [0.05, 0.1) is 0 Å². The Labute approximate surface area is 182 Å². The second-order valence-corrected chi connectivity index (χ2v) is 9.64. The number of hydrogen-bond donors (Lipinski definition) is 2. The summed E-state index contributed by atoms with van der Waals surface area (Å²) in [7, 11) is -3.99. The second-order valence-electron chi connectivity index (χ2n) is 6.82. The molecule has 1 aliphatic heterocycles. The van der Waals surface area contributed by atoms with Crippen LogP contribution in [0, 0.1) is 5.82 Å². The summed E-state index contributed by atoms with van der Waals surface area (Å²) in [5.41, 5.74) is 0.646. The van der Waals surface area contributed by atoms with Gasteiger partial charge in [-0.05, 0) is 55.3 Å². The fourth-order valence-electron chi connectivity index (χ4n) is 3.06. The summed E-state index contributed by atoms with van der Waals surface area (Å²) in [6, 6.07) is 10.3. The lowest BCUT2D eigenvalue weighted by molar-refractivity contribution is -0.116. The SMILES string of the molecule is O=C(CCNC(=O)c1ccc(F)c(S(=O)(=O)N2CCCC2)c1)Nc1ccc(Br)cc1. The molecule has 10 heteroatoms. The van der Waals surface area contributed by atoms with Crippen molar-refractivity contribution in [1.29, 1.82) is 0 Å². The van der Waals surface area contributed by atoms with E-state index >= 15 is 0 Å². The van der Waals surface area contributed by atoms with E-state index in [1.807, 2.05) is 0 Å². The number of nitrogens with zero attached hydrogens (tertiary/aromatic N) is 1. The smallest absolute Gasteiger partial charge is 0.251 e. The molecule has 2 amide bonds. The highest BCUT2D eigenvalue weighted by Gasteiger charge is 2.30. The summed E-state index contributed by atoms with van der Waals surface area (Å²) in [4.78, 5) is 23.8. The molecule has 0 unspecified atom stereocenters. The predicted octanol–water partition coefficient (Wildman–Crippen LogP) is 3.13.